The normalized spacial score (nSPS) is 12.6. The zero-order chi connectivity index (χ0) is 18.0. The van der Waals surface area contributed by atoms with Gasteiger partial charge in [0.1, 0.15) is 5.75 Å². The van der Waals surface area contributed by atoms with Crippen LogP contribution in [0, 0.1) is 0 Å². The number of hydrogen-bond donors (Lipinski definition) is 0. The average molecular weight is 448 g/mol. The van der Waals surface area contributed by atoms with Crippen LogP contribution in [-0.4, -0.2) is 22.1 Å². The monoisotopic (exact) mass is 445 g/mol. The molecule has 0 aliphatic rings. The number of nitrogens with zero attached hydrogens (tertiary/aromatic N) is 3. The highest BCUT2D eigenvalue weighted by atomic mass is 35.6. The first kappa shape index (κ1) is 19.8. The number of ether oxygens (including phenoxy) is 1. The molecule has 1 heterocycles. The van der Waals surface area contributed by atoms with Gasteiger partial charge < -0.3 is 4.74 Å². The number of rotatable bonds is 3. The summed E-state index contributed by atoms with van der Waals surface area (Å²) in [7, 11) is 1.59. The van der Waals surface area contributed by atoms with Gasteiger partial charge in [0.25, 0.3) is 0 Å². The third-order valence-electron chi connectivity index (χ3n) is 2.70. The summed E-state index contributed by atoms with van der Waals surface area (Å²) in [6.07, 6.45) is 3.34. The summed E-state index contributed by atoms with van der Waals surface area (Å²) < 4.78 is 1.34. The fourth-order valence-corrected chi connectivity index (χ4v) is 2.11. The third kappa shape index (κ3) is 5.51. The molecule has 1 aromatic carbocycles. The molecule has 0 bridgehead atoms. The molecule has 0 spiro atoms. The van der Waals surface area contributed by atoms with E-state index in [1.807, 2.05) is 24.3 Å². The minimum absolute atomic E-state index is 0.141. The first-order valence-electron chi connectivity index (χ1n) is 6.32. The van der Waals surface area contributed by atoms with Crippen LogP contribution in [0.15, 0.2) is 24.3 Å². The summed E-state index contributed by atoms with van der Waals surface area (Å²) in [6, 6.07) is 7.32. The molecule has 0 radical (unpaired) electrons. The van der Waals surface area contributed by atoms with Crippen LogP contribution in [-0.2, 0) is 7.59 Å². The standard InChI is InChI=1S/C14H9Cl6N3O/c1-24-9-5-2-8(3-6-9)4-7-10-21-11(13(15,16)17)23-12(22-10)14(18,19)20/h2-7H,1H3. The Hall–Kier alpha value is -0.490. The molecule has 0 aliphatic heterocycles. The van der Waals surface area contributed by atoms with E-state index in [-0.39, 0.29) is 17.5 Å². The third-order valence-corrected chi connectivity index (χ3v) is 3.71. The topological polar surface area (TPSA) is 47.9 Å². The van der Waals surface area contributed by atoms with E-state index in [4.69, 9.17) is 74.3 Å². The van der Waals surface area contributed by atoms with Gasteiger partial charge in [-0.25, -0.2) is 15.0 Å². The minimum Gasteiger partial charge on any atom is -0.497 e. The second kappa shape index (κ2) is 7.81. The van der Waals surface area contributed by atoms with Gasteiger partial charge in [-0.05, 0) is 23.8 Å². The molecule has 2 rings (SSSR count). The minimum atomic E-state index is -1.88. The summed E-state index contributed by atoms with van der Waals surface area (Å²) in [6.45, 7) is 0. The lowest BCUT2D eigenvalue weighted by molar-refractivity contribution is 0.415. The van der Waals surface area contributed by atoms with E-state index in [1.54, 1.807) is 19.3 Å². The predicted octanol–water partition coefficient (Wildman–Crippen LogP) is 5.70. The highest BCUT2D eigenvalue weighted by molar-refractivity contribution is 6.67. The average Bonchev–Trinajstić information content (AvgIpc) is 2.51. The van der Waals surface area contributed by atoms with Gasteiger partial charge in [-0.3, -0.25) is 0 Å². The smallest absolute Gasteiger partial charge is 0.250 e. The largest absolute Gasteiger partial charge is 0.497 e. The van der Waals surface area contributed by atoms with E-state index in [2.05, 4.69) is 15.0 Å². The first-order chi connectivity index (χ1) is 11.1. The van der Waals surface area contributed by atoms with E-state index in [0.29, 0.717) is 0 Å². The number of halogens is 6. The van der Waals surface area contributed by atoms with Crippen molar-refractivity contribution in [2.45, 2.75) is 7.59 Å². The predicted molar refractivity (Wildman–Crippen MR) is 100 cm³/mol. The zero-order valence-electron chi connectivity index (χ0n) is 12.0. The van der Waals surface area contributed by atoms with Crippen LogP contribution >= 0.6 is 69.6 Å². The number of alkyl halides is 6. The van der Waals surface area contributed by atoms with E-state index in [0.717, 1.165) is 11.3 Å². The molecule has 0 saturated heterocycles. The van der Waals surface area contributed by atoms with E-state index >= 15 is 0 Å². The second-order valence-electron chi connectivity index (χ2n) is 4.44. The number of hydrogen-bond acceptors (Lipinski definition) is 4. The first-order valence-corrected chi connectivity index (χ1v) is 8.59. The van der Waals surface area contributed by atoms with Crippen LogP contribution in [0.2, 0.25) is 0 Å². The molecule has 24 heavy (non-hydrogen) atoms. The summed E-state index contributed by atoms with van der Waals surface area (Å²) in [5.41, 5.74) is 0.877. The molecule has 0 amide bonds. The van der Waals surface area contributed by atoms with E-state index in [9.17, 15) is 0 Å². The Morgan fingerprint density at radius 3 is 1.71 bits per heavy atom. The van der Waals surface area contributed by atoms with Crippen molar-refractivity contribution in [2.75, 3.05) is 7.11 Å². The van der Waals surface area contributed by atoms with Crippen molar-refractivity contribution in [3.8, 4) is 5.75 Å². The molecule has 0 saturated carbocycles. The maximum atomic E-state index is 5.81. The Morgan fingerprint density at radius 2 is 1.29 bits per heavy atom. The van der Waals surface area contributed by atoms with Crippen molar-refractivity contribution >= 4 is 81.8 Å². The van der Waals surface area contributed by atoms with Crippen LogP contribution in [0.4, 0.5) is 0 Å². The van der Waals surface area contributed by atoms with Crippen molar-refractivity contribution in [2.24, 2.45) is 0 Å². The van der Waals surface area contributed by atoms with Crippen molar-refractivity contribution in [3.63, 3.8) is 0 Å². The van der Waals surface area contributed by atoms with Crippen LogP contribution in [0.3, 0.4) is 0 Å². The van der Waals surface area contributed by atoms with Gasteiger partial charge in [0.15, 0.2) is 17.5 Å². The van der Waals surface area contributed by atoms with Crippen LogP contribution in [0.25, 0.3) is 12.2 Å². The number of methoxy groups -OCH3 is 1. The summed E-state index contributed by atoms with van der Waals surface area (Å²) >= 11 is 34.9. The molecule has 2 aromatic rings. The maximum Gasteiger partial charge on any atom is 0.250 e. The van der Waals surface area contributed by atoms with Gasteiger partial charge in [-0.15, -0.1) is 0 Å². The van der Waals surface area contributed by atoms with Gasteiger partial charge >= 0.3 is 0 Å². The van der Waals surface area contributed by atoms with Crippen molar-refractivity contribution < 1.29 is 4.74 Å². The lowest BCUT2D eigenvalue weighted by Gasteiger charge is -2.14. The lowest BCUT2D eigenvalue weighted by atomic mass is 10.2. The van der Waals surface area contributed by atoms with Gasteiger partial charge in [0, 0.05) is 0 Å². The van der Waals surface area contributed by atoms with Gasteiger partial charge in [-0.2, -0.15) is 0 Å². The van der Waals surface area contributed by atoms with Gasteiger partial charge in [0.2, 0.25) is 7.59 Å². The SMILES string of the molecule is COc1ccc(C=Cc2nc(C(Cl)(Cl)Cl)nc(C(Cl)(Cl)Cl)n2)cc1. The van der Waals surface area contributed by atoms with Crippen molar-refractivity contribution in [1.29, 1.82) is 0 Å². The molecule has 10 heteroatoms. The zero-order valence-corrected chi connectivity index (χ0v) is 16.5. The molecule has 0 N–H and O–H groups in total. The van der Waals surface area contributed by atoms with Crippen molar-refractivity contribution in [1.82, 2.24) is 15.0 Å². The summed E-state index contributed by atoms with van der Waals surface area (Å²) in [4.78, 5) is 12.0. The quantitative estimate of drug-likeness (QED) is 0.566. The molecule has 128 valence electrons. The molecule has 0 unspecified atom stereocenters. The van der Waals surface area contributed by atoms with Crippen molar-refractivity contribution in [3.05, 3.63) is 47.3 Å². The molecule has 4 nitrogen and oxygen atoms in total. The maximum absolute atomic E-state index is 5.81. The lowest BCUT2D eigenvalue weighted by Crippen LogP contribution is -2.16. The highest BCUT2D eigenvalue weighted by Crippen LogP contribution is 2.39. The molecule has 0 atom stereocenters. The molecular formula is C14H9Cl6N3O. The molecular weight excluding hydrogens is 439 g/mol. The number of aromatic nitrogens is 3. The molecule has 1 aromatic heterocycles. The Morgan fingerprint density at radius 1 is 0.792 bits per heavy atom. The fourth-order valence-electron chi connectivity index (χ4n) is 1.61. The Labute approximate surface area is 168 Å². The van der Waals surface area contributed by atoms with E-state index < -0.39 is 7.59 Å². The highest BCUT2D eigenvalue weighted by Gasteiger charge is 2.33. The fraction of sp³-hybridized carbons (Fsp3) is 0.214. The summed E-state index contributed by atoms with van der Waals surface area (Å²) in [5.74, 6) is 0.643. The van der Waals surface area contributed by atoms with E-state index in [1.165, 1.54) is 0 Å². The molecule has 0 fully saturated rings. The Kier molecular flexibility index (Phi) is 6.46. The Bertz CT molecular complexity index is 705. The number of benzene rings is 1. The Balaban J connectivity index is 2.39. The summed E-state index contributed by atoms with van der Waals surface area (Å²) in [5, 5.41) is 0. The van der Waals surface area contributed by atoms with Crippen LogP contribution in [0.1, 0.15) is 23.0 Å². The molecule has 0 aliphatic carbocycles. The van der Waals surface area contributed by atoms with Crippen LogP contribution < -0.4 is 4.74 Å². The van der Waals surface area contributed by atoms with Crippen LogP contribution in [0.5, 0.6) is 5.75 Å². The van der Waals surface area contributed by atoms with Gasteiger partial charge in [-0.1, -0.05) is 87.8 Å². The second-order valence-corrected chi connectivity index (χ2v) is 9.01. The van der Waals surface area contributed by atoms with Gasteiger partial charge in [0.05, 0.1) is 7.11 Å².